The van der Waals surface area contributed by atoms with Gasteiger partial charge in [0, 0.05) is 30.2 Å². The van der Waals surface area contributed by atoms with Crippen LogP contribution < -0.4 is 5.32 Å². The van der Waals surface area contributed by atoms with Gasteiger partial charge in [-0.1, -0.05) is 6.07 Å². The minimum absolute atomic E-state index is 0.0547. The van der Waals surface area contributed by atoms with Crippen LogP contribution in [0.15, 0.2) is 30.3 Å². The van der Waals surface area contributed by atoms with E-state index < -0.39 is 17.5 Å². The van der Waals surface area contributed by atoms with Crippen molar-refractivity contribution >= 4 is 0 Å². The standard InChI is InChI=1S/C19H19F4NO/c1-11-6-12(20)2-3-14(11)15-9-24-5-4-19(15)25-10-16-17(22)7-13(21)8-18(16)23/h2-3,6-8,15,19,24H,4-5,9-10H2,1H3. The van der Waals surface area contributed by atoms with Crippen LogP contribution in [0.1, 0.15) is 29.0 Å². The Morgan fingerprint density at radius 2 is 1.76 bits per heavy atom. The minimum Gasteiger partial charge on any atom is -0.373 e. The van der Waals surface area contributed by atoms with Crippen molar-refractivity contribution in [3.05, 3.63) is 70.3 Å². The first-order valence-electron chi connectivity index (χ1n) is 8.17. The predicted molar refractivity (Wildman–Crippen MR) is 86.3 cm³/mol. The average molecular weight is 353 g/mol. The van der Waals surface area contributed by atoms with Gasteiger partial charge in [0.2, 0.25) is 0 Å². The summed E-state index contributed by atoms with van der Waals surface area (Å²) in [5, 5.41) is 3.26. The molecule has 0 aromatic heterocycles. The maximum Gasteiger partial charge on any atom is 0.134 e. The van der Waals surface area contributed by atoms with Crippen molar-refractivity contribution in [2.75, 3.05) is 13.1 Å². The molecule has 0 aliphatic carbocycles. The van der Waals surface area contributed by atoms with E-state index in [2.05, 4.69) is 5.32 Å². The summed E-state index contributed by atoms with van der Waals surface area (Å²) in [6, 6.07) is 5.86. The monoisotopic (exact) mass is 353 g/mol. The number of hydrogen-bond donors (Lipinski definition) is 1. The van der Waals surface area contributed by atoms with Gasteiger partial charge < -0.3 is 10.1 Å². The second-order valence-electron chi connectivity index (χ2n) is 6.30. The van der Waals surface area contributed by atoms with Crippen LogP contribution in [0, 0.1) is 30.2 Å². The van der Waals surface area contributed by atoms with Crippen molar-refractivity contribution in [2.45, 2.75) is 32.0 Å². The zero-order valence-electron chi connectivity index (χ0n) is 13.8. The van der Waals surface area contributed by atoms with Crippen molar-refractivity contribution in [3.63, 3.8) is 0 Å². The molecule has 2 aromatic rings. The molecule has 0 amide bonds. The van der Waals surface area contributed by atoms with Gasteiger partial charge in [-0.15, -0.1) is 0 Å². The second kappa shape index (κ2) is 7.54. The molecule has 134 valence electrons. The number of nitrogens with one attached hydrogen (secondary N) is 1. The first-order valence-corrected chi connectivity index (χ1v) is 8.17. The molecule has 25 heavy (non-hydrogen) atoms. The molecule has 1 aliphatic heterocycles. The third kappa shape index (κ3) is 4.02. The molecule has 1 aliphatic rings. The summed E-state index contributed by atoms with van der Waals surface area (Å²) in [5.74, 6) is -3.24. The molecule has 1 heterocycles. The van der Waals surface area contributed by atoms with Crippen LogP contribution >= 0.6 is 0 Å². The summed E-state index contributed by atoms with van der Waals surface area (Å²) >= 11 is 0. The summed E-state index contributed by atoms with van der Waals surface area (Å²) in [5.41, 5.74) is 1.47. The Morgan fingerprint density at radius 1 is 1.04 bits per heavy atom. The van der Waals surface area contributed by atoms with Crippen molar-refractivity contribution in [1.29, 1.82) is 0 Å². The molecule has 1 saturated heterocycles. The molecule has 2 unspecified atom stereocenters. The largest absolute Gasteiger partial charge is 0.373 e. The van der Waals surface area contributed by atoms with Gasteiger partial charge in [0.05, 0.1) is 12.7 Å². The van der Waals surface area contributed by atoms with E-state index in [-0.39, 0.29) is 30.0 Å². The van der Waals surface area contributed by atoms with E-state index >= 15 is 0 Å². The molecule has 0 radical (unpaired) electrons. The topological polar surface area (TPSA) is 21.3 Å². The van der Waals surface area contributed by atoms with Crippen LogP contribution in [0.25, 0.3) is 0 Å². The molecular formula is C19H19F4NO. The van der Waals surface area contributed by atoms with Gasteiger partial charge >= 0.3 is 0 Å². The molecule has 1 N–H and O–H groups in total. The lowest BCUT2D eigenvalue weighted by Crippen LogP contribution is -2.40. The van der Waals surface area contributed by atoms with Crippen molar-refractivity contribution in [2.24, 2.45) is 0 Å². The Bertz CT molecular complexity index is 742. The van der Waals surface area contributed by atoms with Gasteiger partial charge in [-0.25, -0.2) is 17.6 Å². The molecule has 2 aromatic carbocycles. The van der Waals surface area contributed by atoms with Crippen LogP contribution in [0.5, 0.6) is 0 Å². The van der Waals surface area contributed by atoms with E-state index in [1.54, 1.807) is 6.07 Å². The zero-order valence-corrected chi connectivity index (χ0v) is 13.8. The SMILES string of the molecule is Cc1cc(F)ccc1C1CNCCC1OCc1c(F)cc(F)cc1F. The van der Waals surface area contributed by atoms with Crippen LogP contribution in [-0.2, 0) is 11.3 Å². The lowest BCUT2D eigenvalue weighted by molar-refractivity contribution is 0.00426. The van der Waals surface area contributed by atoms with E-state index in [4.69, 9.17) is 4.74 Å². The lowest BCUT2D eigenvalue weighted by atomic mass is 9.86. The number of halogens is 4. The molecule has 2 atom stereocenters. The van der Waals surface area contributed by atoms with E-state index in [0.29, 0.717) is 25.1 Å². The van der Waals surface area contributed by atoms with Crippen molar-refractivity contribution in [3.8, 4) is 0 Å². The fourth-order valence-electron chi connectivity index (χ4n) is 3.30. The van der Waals surface area contributed by atoms with Crippen molar-refractivity contribution in [1.82, 2.24) is 5.32 Å². The van der Waals surface area contributed by atoms with E-state index in [0.717, 1.165) is 17.7 Å². The highest BCUT2D eigenvalue weighted by Gasteiger charge is 2.29. The highest BCUT2D eigenvalue weighted by molar-refractivity contribution is 5.31. The van der Waals surface area contributed by atoms with Crippen molar-refractivity contribution < 1.29 is 22.3 Å². The highest BCUT2D eigenvalue weighted by atomic mass is 19.1. The van der Waals surface area contributed by atoms with Gasteiger partial charge in [0.15, 0.2) is 0 Å². The first-order chi connectivity index (χ1) is 12.0. The number of benzene rings is 2. The molecule has 1 fully saturated rings. The Morgan fingerprint density at radius 3 is 2.44 bits per heavy atom. The molecule has 0 saturated carbocycles. The number of hydrogen-bond acceptors (Lipinski definition) is 2. The number of ether oxygens (including phenoxy) is 1. The third-order valence-electron chi connectivity index (χ3n) is 4.60. The number of piperidine rings is 1. The first kappa shape index (κ1) is 17.9. The average Bonchev–Trinajstić information content (AvgIpc) is 2.54. The molecule has 0 spiro atoms. The highest BCUT2D eigenvalue weighted by Crippen LogP contribution is 2.30. The van der Waals surface area contributed by atoms with E-state index in [9.17, 15) is 17.6 Å². The quantitative estimate of drug-likeness (QED) is 0.832. The normalized spacial score (nSPS) is 20.7. The van der Waals surface area contributed by atoms with Crippen LogP contribution in [-0.4, -0.2) is 19.2 Å². The second-order valence-corrected chi connectivity index (χ2v) is 6.30. The maximum absolute atomic E-state index is 13.8. The van der Waals surface area contributed by atoms with Crippen LogP contribution in [0.3, 0.4) is 0 Å². The Hall–Kier alpha value is -1.92. The fourth-order valence-corrected chi connectivity index (χ4v) is 3.30. The smallest absolute Gasteiger partial charge is 0.134 e. The summed E-state index contributed by atoms with van der Waals surface area (Å²) in [6.07, 6.45) is 0.389. The Kier molecular flexibility index (Phi) is 5.39. The summed E-state index contributed by atoms with van der Waals surface area (Å²) in [7, 11) is 0. The fraction of sp³-hybridized carbons (Fsp3) is 0.368. The molecule has 6 heteroatoms. The Balaban J connectivity index is 1.78. The molecular weight excluding hydrogens is 334 g/mol. The van der Waals surface area contributed by atoms with E-state index in [1.165, 1.54) is 12.1 Å². The predicted octanol–water partition coefficient (Wildman–Crippen LogP) is 4.21. The third-order valence-corrected chi connectivity index (χ3v) is 4.60. The molecule has 0 bridgehead atoms. The van der Waals surface area contributed by atoms with Crippen LogP contribution in [0.2, 0.25) is 0 Å². The molecule has 3 rings (SSSR count). The van der Waals surface area contributed by atoms with Gasteiger partial charge in [-0.05, 0) is 43.1 Å². The maximum atomic E-state index is 13.8. The van der Waals surface area contributed by atoms with Gasteiger partial charge in [0.25, 0.3) is 0 Å². The summed E-state index contributed by atoms with van der Waals surface area (Å²) < 4.78 is 59.7. The lowest BCUT2D eigenvalue weighted by Gasteiger charge is -2.33. The van der Waals surface area contributed by atoms with E-state index in [1.807, 2.05) is 6.92 Å². The summed E-state index contributed by atoms with van der Waals surface area (Å²) in [6.45, 7) is 2.89. The number of aryl methyl sites for hydroxylation is 1. The summed E-state index contributed by atoms with van der Waals surface area (Å²) in [4.78, 5) is 0. The van der Waals surface area contributed by atoms with Gasteiger partial charge in [-0.3, -0.25) is 0 Å². The molecule has 2 nitrogen and oxygen atoms in total. The zero-order chi connectivity index (χ0) is 18.0. The Labute approximate surface area is 143 Å². The van der Waals surface area contributed by atoms with Gasteiger partial charge in [0.1, 0.15) is 23.3 Å². The van der Waals surface area contributed by atoms with Gasteiger partial charge in [-0.2, -0.15) is 0 Å². The van der Waals surface area contributed by atoms with Crippen LogP contribution in [0.4, 0.5) is 17.6 Å². The minimum atomic E-state index is -0.958. The number of rotatable bonds is 4.